The molecule has 0 amide bonds. The van der Waals surface area contributed by atoms with Crippen LogP contribution in [0.4, 0.5) is 5.82 Å². The van der Waals surface area contributed by atoms with Crippen molar-refractivity contribution in [2.45, 2.75) is 38.9 Å². The maximum Gasteiger partial charge on any atom is 0.144 e. The van der Waals surface area contributed by atoms with Gasteiger partial charge < -0.3 is 5.32 Å². The molecule has 106 valence electrons. The summed E-state index contributed by atoms with van der Waals surface area (Å²) in [4.78, 5) is 11.4. The summed E-state index contributed by atoms with van der Waals surface area (Å²) in [5.74, 6) is 0.854. The van der Waals surface area contributed by atoms with Crippen LogP contribution in [0.3, 0.4) is 0 Å². The Kier molecular flexibility index (Phi) is 4.28. The molecule has 1 fully saturated rings. The fraction of sp³-hybridized carbons (Fsp3) is 0.467. The first-order valence-electron chi connectivity index (χ1n) is 7.15. The zero-order valence-corrected chi connectivity index (χ0v) is 12.6. The molecule has 1 N–H and O–H groups in total. The lowest BCUT2D eigenvalue weighted by Gasteiger charge is -2.20. The summed E-state index contributed by atoms with van der Waals surface area (Å²) in [7, 11) is 0. The van der Waals surface area contributed by atoms with Gasteiger partial charge in [-0.1, -0.05) is 0 Å². The SMILES string of the molecule is CCNc1cnc(CN(Cc2ccsc2)C2CC2)cn1. The molecule has 2 aromatic heterocycles. The first kappa shape index (κ1) is 13.5. The van der Waals surface area contributed by atoms with Gasteiger partial charge in [-0.15, -0.1) is 0 Å². The van der Waals surface area contributed by atoms with Crippen LogP contribution in [0.25, 0.3) is 0 Å². The number of rotatable bonds is 7. The average molecular weight is 288 g/mol. The second kappa shape index (κ2) is 6.33. The Morgan fingerprint density at radius 1 is 1.30 bits per heavy atom. The summed E-state index contributed by atoms with van der Waals surface area (Å²) in [6.45, 7) is 4.84. The zero-order valence-electron chi connectivity index (χ0n) is 11.7. The minimum atomic E-state index is 0.727. The minimum Gasteiger partial charge on any atom is -0.369 e. The van der Waals surface area contributed by atoms with Crippen LogP contribution in [0.2, 0.25) is 0 Å². The van der Waals surface area contributed by atoms with Gasteiger partial charge in [0.2, 0.25) is 0 Å². The maximum absolute atomic E-state index is 4.51. The third-order valence-corrected chi connectivity index (χ3v) is 4.19. The van der Waals surface area contributed by atoms with E-state index in [4.69, 9.17) is 0 Å². The van der Waals surface area contributed by atoms with Crippen LogP contribution in [-0.2, 0) is 13.1 Å². The Morgan fingerprint density at radius 2 is 2.20 bits per heavy atom. The van der Waals surface area contributed by atoms with E-state index in [9.17, 15) is 0 Å². The van der Waals surface area contributed by atoms with Gasteiger partial charge in [-0.25, -0.2) is 4.98 Å². The summed E-state index contributed by atoms with van der Waals surface area (Å²) in [5.41, 5.74) is 2.45. The monoisotopic (exact) mass is 288 g/mol. The fourth-order valence-electron chi connectivity index (χ4n) is 2.29. The van der Waals surface area contributed by atoms with Gasteiger partial charge in [-0.3, -0.25) is 9.88 Å². The van der Waals surface area contributed by atoms with E-state index in [0.29, 0.717) is 0 Å². The quantitative estimate of drug-likeness (QED) is 0.850. The van der Waals surface area contributed by atoms with Crippen molar-refractivity contribution in [3.63, 3.8) is 0 Å². The summed E-state index contributed by atoms with van der Waals surface area (Å²) in [6.07, 6.45) is 6.34. The van der Waals surface area contributed by atoms with Gasteiger partial charge in [0.25, 0.3) is 0 Å². The molecule has 0 aromatic carbocycles. The number of anilines is 1. The van der Waals surface area contributed by atoms with Gasteiger partial charge >= 0.3 is 0 Å². The first-order chi connectivity index (χ1) is 9.85. The van der Waals surface area contributed by atoms with Crippen molar-refractivity contribution in [1.29, 1.82) is 0 Å². The molecule has 0 aliphatic heterocycles. The second-order valence-electron chi connectivity index (χ2n) is 5.19. The molecule has 2 heterocycles. The lowest BCUT2D eigenvalue weighted by molar-refractivity contribution is 0.243. The molecule has 1 aliphatic carbocycles. The van der Waals surface area contributed by atoms with Crippen LogP contribution in [0.15, 0.2) is 29.2 Å². The van der Waals surface area contributed by atoms with E-state index in [1.165, 1.54) is 18.4 Å². The van der Waals surface area contributed by atoms with Crippen molar-refractivity contribution < 1.29 is 0 Å². The number of nitrogens with one attached hydrogen (secondary N) is 1. The molecular weight excluding hydrogens is 268 g/mol. The van der Waals surface area contributed by atoms with Gasteiger partial charge in [0.05, 0.1) is 18.1 Å². The molecule has 0 spiro atoms. The molecule has 0 bridgehead atoms. The number of nitrogens with zero attached hydrogens (tertiary/aromatic N) is 3. The Morgan fingerprint density at radius 3 is 2.80 bits per heavy atom. The van der Waals surface area contributed by atoms with Gasteiger partial charge in [0.15, 0.2) is 0 Å². The Balaban J connectivity index is 1.63. The Labute approximate surface area is 123 Å². The number of hydrogen-bond acceptors (Lipinski definition) is 5. The van der Waals surface area contributed by atoms with E-state index >= 15 is 0 Å². The normalized spacial score (nSPS) is 14.7. The lowest BCUT2D eigenvalue weighted by Crippen LogP contribution is -2.25. The Bertz CT molecular complexity index is 519. The molecule has 20 heavy (non-hydrogen) atoms. The summed E-state index contributed by atoms with van der Waals surface area (Å²) in [5, 5.41) is 7.55. The molecule has 0 atom stereocenters. The first-order valence-corrected chi connectivity index (χ1v) is 8.09. The van der Waals surface area contributed by atoms with Crippen LogP contribution in [0.1, 0.15) is 31.0 Å². The average Bonchev–Trinajstić information content (AvgIpc) is 3.19. The second-order valence-corrected chi connectivity index (χ2v) is 5.97. The smallest absolute Gasteiger partial charge is 0.144 e. The zero-order chi connectivity index (χ0) is 13.8. The predicted octanol–water partition coefficient (Wildman–Crippen LogP) is 3.13. The number of hydrogen-bond donors (Lipinski definition) is 1. The summed E-state index contributed by atoms with van der Waals surface area (Å²) >= 11 is 1.76. The van der Waals surface area contributed by atoms with Gasteiger partial charge in [0, 0.05) is 25.7 Å². The molecular formula is C15H20N4S. The van der Waals surface area contributed by atoms with Gasteiger partial charge in [-0.05, 0) is 42.2 Å². The summed E-state index contributed by atoms with van der Waals surface area (Å²) in [6, 6.07) is 2.94. The van der Waals surface area contributed by atoms with Crippen molar-refractivity contribution in [2.24, 2.45) is 0 Å². The minimum absolute atomic E-state index is 0.727. The van der Waals surface area contributed by atoms with E-state index < -0.39 is 0 Å². The molecule has 1 saturated carbocycles. The standard InChI is InChI=1S/C15H20N4S/c1-2-16-15-8-17-13(7-18-15)10-19(14-3-4-14)9-12-5-6-20-11-12/h5-8,11,14H,2-4,9-10H2,1H3,(H,16,18). The molecule has 0 saturated heterocycles. The van der Waals surface area contributed by atoms with Crippen molar-refractivity contribution in [1.82, 2.24) is 14.9 Å². The molecule has 4 nitrogen and oxygen atoms in total. The third kappa shape index (κ3) is 3.55. The van der Waals surface area contributed by atoms with Crippen LogP contribution in [0.5, 0.6) is 0 Å². The van der Waals surface area contributed by atoms with E-state index in [2.05, 4.69) is 43.9 Å². The summed E-state index contributed by atoms with van der Waals surface area (Å²) < 4.78 is 0. The molecule has 1 aliphatic rings. The highest BCUT2D eigenvalue weighted by atomic mass is 32.1. The maximum atomic E-state index is 4.51. The molecule has 0 unspecified atom stereocenters. The fourth-order valence-corrected chi connectivity index (χ4v) is 2.95. The van der Waals surface area contributed by atoms with E-state index in [-0.39, 0.29) is 0 Å². The van der Waals surface area contributed by atoms with Crippen molar-refractivity contribution >= 4 is 17.2 Å². The van der Waals surface area contributed by atoms with Crippen molar-refractivity contribution in [3.05, 3.63) is 40.5 Å². The third-order valence-electron chi connectivity index (χ3n) is 3.46. The largest absolute Gasteiger partial charge is 0.369 e. The van der Waals surface area contributed by atoms with E-state index in [1.54, 1.807) is 11.3 Å². The molecule has 2 aromatic rings. The number of aromatic nitrogens is 2. The van der Waals surface area contributed by atoms with Crippen molar-refractivity contribution in [2.75, 3.05) is 11.9 Å². The van der Waals surface area contributed by atoms with Gasteiger partial charge in [0.1, 0.15) is 5.82 Å². The van der Waals surface area contributed by atoms with Crippen LogP contribution < -0.4 is 5.32 Å². The number of thiophene rings is 1. The van der Waals surface area contributed by atoms with Gasteiger partial charge in [-0.2, -0.15) is 11.3 Å². The molecule has 0 radical (unpaired) electrons. The van der Waals surface area contributed by atoms with Crippen LogP contribution in [0, 0.1) is 0 Å². The predicted molar refractivity (Wildman–Crippen MR) is 82.8 cm³/mol. The van der Waals surface area contributed by atoms with E-state index in [0.717, 1.165) is 37.2 Å². The highest BCUT2D eigenvalue weighted by molar-refractivity contribution is 7.07. The van der Waals surface area contributed by atoms with Crippen molar-refractivity contribution in [3.8, 4) is 0 Å². The molecule has 5 heteroatoms. The lowest BCUT2D eigenvalue weighted by atomic mass is 10.3. The Hall–Kier alpha value is -1.46. The molecule has 3 rings (SSSR count). The highest BCUT2D eigenvalue weighted by Gasteiger charge is 2.29. The highest BCUT2D eigenvalue weighted by Crippen LogP contribution is 2.29. The van der Waals surface area contributed by atoms with Crippen LogP contribution >= 0.6 is 11.3 Å². The van der Waals surface area contributed by atoms with Crippen LogP contribution in [-0.4, -0.2) is 27.5 Å². The topological polar surface area (TPSA) is 41.1 Å². The van der Waals surface area contributed by atoms with E-state index in [1.807, 2.05) is 12.4 Å².